The van der Waals surface area contributed by atoms with Crippen LogP contribution in [0.4, 0.5) is 4.39 Å². The van der Waals surface area contributed by atoms with E-state index in [0.717, 1.165) is 31.8 Å². The van der Waals surface area contributed by atoms with Gasteiger partial charge in [-0.1, -0.05) is 0 Å². The molecule has 1 heterocycles. The lowest BCUT2D eigenvalue weighted by Crippen LogP contribution is -2.26. The molecular formula is C14H20FNO2. The van der Waals surface area contributed by atoms with Gasteiger partial charge in [-0.05, 0) is 49.6 Å². The molecule has 1 aliphatic rings. The van der Waals surface area contributed by atoms with Crippen LogP contribution in [0.1, 0.15) is 12.8 Å². The molecule has 1 aromatic carbocycles. The summed E-state index contributed by atoms with van der Waals surface area (Å²) in [4.78, 5) is 2.32. The molecule has 100 valence electrons. The number of benzene rings is 1. The molecule has 1 aromatic rings. The van der Waals surface area contributed by atoms with Gasteiger partial charge in [0.25, 0.3) is 0 Å². The zero-order valence-electron chi connectivity index (χ0n) is 10.5. The average Bonchev–Trinajstić information content (AvgIpc) is 2.80. The Labute approximate surface area is 107 Å². The minimum Gasteiger partial charge on any atom is -0.508 e. The first-order chi connectivity index (χ1) is 8.78. The van der Waals surface area contributed by atoms with E-state index in [1.54, 1.807) is 24.3 Å². The third-order valence-corrected chi connectivity index (χ3v) is 3.40. The van der Waals surface area contributed by atoms with Gasteiger partial charge in [-0.25, -0.2) is 0 Å². The summed E-state index contributed by atoms with van der Waals surface area (Å²) < 4.78 is 17.8. The molecule has 2 rings (SSSR count). The SMILES string of the molecule is Oc1ccc(OCCN2CC[C@H](CCF)C2)cc1. The number of phenolic OH excluding ortho intramolecular Hbond substituents is 1. The lowest BCUT2D eigenvalue weighted by Gasteiger charge is -2.16. The van der Waals surface area contributed by atoms with Crippen molar-refractivity contribution in [2.75, 3.05) is 32.9 Å². The Balaban J connectivity index is 1.65. The summed E-state index contributed by atoms with van der Waals surface area (Å²) in [7, 11) is 0. The maximum atomic E-state index is 12.2. The predicted molar refractivity (Wildman–Crippen MR) is 68.7 cm³/mol. The topological polar surface area (TPSA) is 32.7 Å². The molecule has 0 saturated carbocycles. The summed E-state index contributed by atoms with van der Waals surface area (Å²) in [6.45, 7) is 3.34. The highest BCUT2D eigenvalue weighted by Gasteiger charge is 2.21. The number of hydrogen-bond donors (Lipinski definition) is 1. The fourth-order valence-corrected chi connectivity index (χ4v) is 2.34. The lowest BCUT2D eigenvalue weighted by molar-refractivity contribution is 0.230. The van der Waals surface area contributed by atoms with E-state index in [1.165, 1.54) is 0 Å². The predicted octanol–water partition coefficient (Wildman–Crippen LogP) is 2.45. The Morgan fingerprint density at radius 3 is 2.83 bits per heavy atom. The fourth-order valence-electron chi connectivity index (χ4n) is 2.34. The van der Waals surface area contributed by atoms with E-state index >= 15 is 0 Å². The van der Waals surface area contributed by atoms with E-state index in [2.05, 4.69) is 4.90 Å². The zero-order valence-corrected chi connectivity index (χ0v) is 10.5. The summed E-state index contributed by atoms with van der Waals surface area (Å²) in [5.74, 6) is 1.53. The van der Waals surface area contributed by atoms with Gasteiger partial charge in [-0.15, -0.1) is 0 Å². The second-order valence-electron chi connectivity index (χ2n) is 4.78. The standard InChI is InChI=1S/C14H20FNO2/c15-7-5-12-6-8-16(11-12)9-10-18-14-3-1-13(17)2-4-14/h1-4,12,17H,5-11H2/t12-/m0/s1. The van der Waals surface area contributed by atoms with Gasteiger partial charge in [0.1, 0.15) is 18.1 Å². The van der Waals surface area contributed by atoms with Gasteiger partial charge in [-0.2, -0.15) is 0 Å². The number of aromatic hydroxyl groups is 1. The molecule has 0 radical (unpaired) electrons. The Kier molecular flexibility index (Phi) is 4.81. The van der Waals surface area contributed by atoms with Crippen LogP contribution >= 0.6 is 0 Å². The van der Waals surface area contributed by atoms with E-state index in [0.29, 0.717) is 18.9 Å². The summed E-state index contributed by atoms with van der Waals surface area (Å²) in [5.41, 5.74) is 0. The number of rotatable bonds is 6. The van der Waals surface area contributed by atoms with E-state index in [1.807, 2.05) is 0 Å². The number of likely N-dealkylation sites (tertiary alicyclic amines) is 1. The smallest absolute Gasteiger partial charge is 0.119 e. The van der Waals surface area contributed by atoms with Crippen LogP contribution in [0.5, 0.6) is 11.5 Å². The van der Waals surface area contributed by atoms with Gasteiger partial charge in [0.05, 0.1) is 6.67 Å². The first-order valence-electron chi connectivity index (χ1n) is 6.48. The monoisotopic (exact) mass is 253 g/mol. The second kappa shape index (κ2) is 6.59. The van der Waals surface area contributed by atoms with Crippen LogP contribution in [-0.4, -0.2) is 42.9 Å². The number of halogens is 1. The minimum atomic E-state index is -0.206. The molecular weight excluding hydrogens is 233 g/mol. The van der Waals surface area contributed by atoms with Crippen molar-refractivity contribution in [3.8, 4) is 11.5 Å². The maximum absolute atomic E-state index is 12.2. The maximum Gasteiger partial charge on any atom is 0.119 e. The highest BCUT2D eigenvalue weighted by atomic mass is 19.1. The molecule has 4 heteroatoms. The normalized spacial score (nSPS) is 20.2. The molecule has 0 aliphatic carbocycles. The molecule has 0 amide bonds. The molecule has 3 nitrogen and oxygen atoms in total. The quantitative estimate of drug-likeness (QED) is 0.845. The molecule has 0 spiro atoms. The summed E-state index contributed by atoms with van der Waals surface area (Å²) >= 11 is 0. The summed E-state index contributed by atoms with van der Waals surface area (Å²) in [5, 5.41) is 9.14. The van der Waals surface area contributed by atoms with E-state index in [9.17, 15) is 4.39 Å². The van der Waals surface area contributed by atoms with Crippen molar-refractivity contribution in [2.45, 2.75) is 12.8 Å². The minimum absolute atomic E-state index is 0.206. The zero-order chi connectivity index (χ0) is 12.8. The van der Waals surface area contributed by atoms with Crippen LogP contribution in [-0.2, 0) is 0 Å². The van der Waals surface area contributed by atoms with E-state index in [-0.39, 0.29) is 12.4 Å². The van der Waals surface area contributed by atoms with Gasteiger partial charge in [0.15, 0.2) is 0 Å². The highest BCUT2D eigenvalue weighted by Crippen LogP contribution is 2.20. The third-order valence-electron chi connectivity index (χ3n) is 3.40. The van der Waals surface area contributed by atoms with Crippen molar-refractivity contribution in [1.82, 2.24) is 4.90 Å². The van der Waals surface area contributed by atoms with Crippen molar-refractivity contribution < 1.29 is 14.2 Å². The first kappa shape index (κ1) is 13.1. The number of ether oxygens (including phenoxy) is 1. The second-order valence-corrected chi connectivity index (χ2v) is 4.78. The van der Waals surface area contributed by atoms with Crippen LogP contribution in [0.15, 0.2) is 24.3 Å². The molecule has 0 aromatic heterocycles. The third kappa shape index (κ3) is 3.88. The van der Waals surface area contributed by atoms with Crippen LogP contribution < -0.4 is 4.74 Å². The molecule has 1 aliphatic heterocycles. The number of phenols is 1. The Hall–Kier alpha value is -1.29. The highest BCUT2D eigenvalue weighted by molar-refractivity contribution is 5.29. The molecule has 18 heavy (non-hydrogen) atoms. The molecule has 1 saturated heterocycles. The van der Waals surface area contributed by atoms with Crippen LogP contribution in [0.25, 0.3) is 0 Å². The largest absolute Gasteiger partial charge is 0.508 e. The van der Waals surface area contributed by atoms with Crippen molar-refractivity contribution in [1.29, 1.82) is 0 Å². The molecule has 1 atom stereocenters. The van der Waals surface area contributed by atoms with Gasteiger partial charge >= 0.3 is 0 Å². The number of alkyl halides is 1. The van der Waals surface area contributed by atoms with Crippen LogP contribution in [0.2, 0.25) is 0 Å². The van der Waals surface area contributed by atoms with Crippen molar-refractivity contribution in [3.63, 3.8) is 0 Å². The molecule has 1 N–H and O–H groups in total. The van der Waals surface area contributed by atoms with Crippen LogP contribution in [0, 0.1) is 5.92 Å². The Morgan fingerprint density at radius 1 is 1.33 bits per heavy atom. The van der Waals surface area contributed by atoms with E-state index in [4.69, 9.17) is 9.84 Å². The number of nitrogens with zero attached hydrogens (tertiary/aromatic N) is 1. The Morgan fingerprint density at radius 2 is 2.11 bits per heavy atom. The van der Waals surface area contributed by atoms with Crippen LogP contribution in [0.3, 0.4) is 0 Å². The van der Waals surface area contributed by atoms with Gasteiger partial charge in [0.2, 0.25) is 0 Å². The fraction of sp³-hybridized carbons (Fsp3) is 0.571. The molecule has 1 fully saturated rings. The van der Waals surface area contributed by atoms with Crippen molar-refractivity contribution in [2.24, 2.45) is 5.92 Å². The van der Waals surface area contributed by atoms with Gasteiger partial charge in [-0.3, -0.25) is 9.29 Å². The van der Waals surface area contributed by atoms with Crippen molar-refractivity contribution in [3.05, 3.63) is 24.3 Å². The Bertz CT molecular complexity index is 355. The molecule has 0 unspecified atom stereocenters. The summed E-state index contributed by atoms with van der Waals surface area (Å²) in [6.07, 6.45) is 1.79. The van der Waals surface area contributed by atoms with E-state index < -0.39 is 0 Å². The first-order valence-corrected chi connectivity index (χ1v) is 6.48. The van der Waals surface area contributed by atoms with Gasteiger partial charge < -0.3 is 9.84 Å². The van der Waals surface area contributed by atoms with Gasteiger partial charge in [0, 0.05) is 13.1 Å². The average molecular weight is 253 g/mol. The lowest BCUT2D eigenvalue weighted by atomic mass is 10.1. The number of hydrogen-bond acceptors (Lipinski definition) is 3. The summed E-state index contributed by atoms with van der Waals surface area (Å²) in [6, 6.07) is 6.74. The molecule has 0 bridgehead atoms. The van der Waals surface area contributed by atoms with Crippen molar-refractivity contribution >= 4 is 0 Å².